The fourth-order valence-corrected chi connectivity index (χ4v) is 3.01. The van der Waals surface area contributed by atoms with E-state index in [2.05, 4.69) is 48.9 Å². The number of nitrogens with one attached hydrogen (secondary N) is 2. The third kappa shape index (κ3) is 6.79. The maximum absolute atomic E-state index is 11.8. The van der Waals surface area contributed by atoms with Crippen molar-refractivity contribution in [3.8, 4) is 0 Å². The molecular weight excluding hydrogens is 296 g/mol. The van der Waals surface area contributed by atoms with Crippen LogP contribution in [0.3, 0.4) is 0 Å². The highest BCUT2D eigenvalue weighted by Gasteiger charge is 2.21. The van der Waals surface area contributed by atoms with Crippen molar-refractivity contribution in [2.45, 2.75) is 65.6 Å². The molecule has 4 nitrogen and oxygen atoms in total. The molecular formula is C17H30N2O2S. The molecule has 1 amide bonds. The van der Waals surface area contributed by atoms with Gasteiger partial charge in [-0.15, -0.1) is 11.3 Å². The van der Waals surface area contributed by atoms with Gasteiger partial charge in [-0.1, -0.05) is 26.8 Å². The van der Waals surface area contributed by atoms with Crippen LogP contribution < -0.4 is 10.6 Å². The van der Waals surface area contributed by atoms with Gasteiger partial charge in [0.05, 0.1) is 0 Å². The molecule has 2 N–H and O–H groups in total. The Bertz CT molecular complexity index is 438. The molecule has 0 aliphatic carbocycles. The Balaban J connectivity index is 2.56. The average molecular weight is 327 g/mol. The monoisotopic (exact) mass is 326 g/mol. The largest absolute Gasteiger partial charge is 0.444 e. The molecule has 1 aromatic heterocycles. The van der Waals surface area contributed by atoms with Crippen molar-refractivity contribution in [3.05, 3.63) is 22.4 Å². The Hall–Kier alpha value is -1.07. The molecule has 0 bridgehead atoms. The Morgan fingerprint density at radius 2 is 2.05 bits per heavy atom. The zero-order valence-electron chi connectivity index (χ0n) is 14.6. The van der Waals surface area contributed by atoms with E-state index in [4.69, 9.17) is 4.74 Å². The van der Waals surface area contributed by atoms with E-state index in [-0.39, 0.29) is 12.1 Å². The predicted octanol–water partition coefficient (Wildman–Crippen LogP) is 4.34. The first-order valence-electron chi connectivity index (χ1n) is 7.99. The summed E-state index contributed by atoms with van der Waals surface area (Å²) in [4.78, 5) is 13.1. The zero-order chi connectivity index (χ0) is 16.8. The Kier molecular flexibility index (Phi) is 7.36. The first-order valence-corrected chi connectivity index (χ1v) is 8.87. The van der Waals surface area contributed by atoms with Crippen molar-refractivity contribution in [3.63, 3.8) is 0 Å². The average Bonchev–Trinajstić information content (AvgIpc) is 2.90. The van der Waals surface area contributed by atoms with Gasteiger partial charge in [-0.2, -0.15) is 0 Å². The second-order valence-corrected chi connectivity index (χ2v) is 7.86. The smallest absolute Gasteiger partial charge is 0.407 e. The topological polar surface area (TPSA) is 50.4 Å². The number of thiophene rings is 1. The highest BCUT2D eigenvalue weighted by Crippen LogP contribution is 2.23. The number of hydrogen-bond donors (Lipinski definition) is 2. The number of ether oxygens (including phenoxy) is 1. The lowest BCUT2D eigenvalue weighted by atomic mass is 10.0. The van der Waals surface area contributed by atoms with E-state index in [9.17, 15) is 4.79 Å². The quantitative estimate of drug-likeness (QED) is 0.784. The molecule has 0 saturated heterocycles. The lowest BCUT2D eigenvalue weighted by molar-refractivity contribution is 0.0518. The fourth-order valence-electron chi connectivity index (χ4n) is 2.14. The van der Waals surface area contributed by atoms with E-state index >= 15 is 0 Å². The molecule has 2 unspecified atom stereocenters. The van der Waals surface area contributed by atoms with E-state index in [0.717, 1.165) is 6.42 Å². The van der Waals surface area contributed by atoms with Gasteiger partial charge in [0.1, 0.15) is 5.60 Å². The number of carbonyl (C=O) groups excluding carboxylic acids is 1. The van der Waals surface area contributed by atoms with Crippen LogP contribution in [0, 0.1) is 5.92 Å². The molecule has 1 heterocycles. The molecule has 0 spiro atoms. The first kappa shape index (κ1) is 19.0. The van der Waals surface area contributed by atoms with Crippen LogP contribution in [0.15, 0.2) is 17.5 Å². The van der Waals surface area contributed by atoms with Gasteiger partial charge in [0.2, 0.25) is 0 Å². The molecule has 0 aliphatic heterocycles. The van der Waals surface area contributed by atoms with Crippen LogP contribution in [-0.4, -0.2) is 24.3 Å². The lowest BCUT2D eigenvalue weighted by Crippen LogP contribution is -2.46. The van der Waals surface area contributed by atoms with Crippen LogP contribution >= 0.6 is 11.3 Å². The summed E-state index contributed by atoms with van der Waals surface area (Å²) in [6, 6.07) is 4.77. The molecule has 5 heteroatoms. The van der Waals surface area contributed by atoms with Crippen LogP contribution in [0.5, 0.6) is 0 Å². The van der Waals surface area contributed by atoms with Crippen LogP contribution in [0.4, 0.5) is 4.79 Å². The fraction of sp³-hybridized carbons (Fsp3) is 0.706. The maximum atomic E-state index is 11.8. The summed E-state index contributed by atoms with van der Waals surface area (Å²) in [5, 5.41) is 8.64. The molecule has 0 saturated carbocycles. The second-order valence-electron chi connectivity index (χ2n) is 6.88. The van der Waals surface area contributed by atoms with Gasteiger partial charge in [-0.25, -0.2) is 4.79 Å². The standard InChI is InChI=1S/C17H30N2O2S/c1-7-13(15-9-8-10-22-15)19-14(12(2)3)11-18-16(20)21-17(4,5)6/h8-10,12-14,19H,7,11H2,1-6H3,(H,18,20). The van der Waals surface area contributed by atoms with Crippen molar-refractivity contribution in [1.29, 1.82) is 0 Å². The number of hydrogen-bond acceptors (Lipinski definition) is 4. The summed E-state index contributed by atoms with van der Waals surface area (Å²) >= 11 is 1.77. The van der Waals surface area contributed by atoms with Crippen molar-refractivity contribution in [2.24, 2.45) is 5.92 Å². The van der Waals surface area contributed by atoms with E-state index < -0.39 is 5.60 Å². The Morgan fingerprint density at radius 1 is 1.36 bits per heavy atom. The summed E-state index contributed by atoms with van der Waals surface area (Å²) in [5.41, 5.74) is -0.465. The third-order valence-electron chi connectivity index (χ3n) is 3.38. The summed E-state index contributed by atoms with van der Waals surface area (Å²) in [5.74, 6) is 0.420. The highest BCUT2D eigenvalue weighted by atomic mass is 32.1. The predicted molar refractivity (Wildman–Crippen MR) is 93.3 cm³/mol. The summed E-state index contributed by atoms with van der Waals surface area (Å²) in [7, 11) is 0. The SMILES string of the molecule is CCC(NC(CNC(=O)OC(C)(C)C)C(C)C)c1cccs1. The highest BCUT2D eigenvalue weighted by molar-refractivity contribution is 7.10. The van der Waals surface area contributed by atoms with E-state index in [1.807, 2.05) is 20.8 Å². The molecule has 0 aromatic carbocycles. The van der Waals surface area contributed by atoms with Gasteiger partial charge in [-0.05, 0) is 44.6 Å². The number of rotatable bonds is 7. The molecule has 1 rings (SSSR count). The Labute approximate surface area is 138 Å². The zero-order valence-corrected chi connectivity index (χ0v) is 15.4. The normalized spacial score (nSPS) is 14.7. The van der Waals surface area contributed by atoms with E-state index in [1.54, 1.807) is 11.3 Å². The van der Waals surface area contributed by atoms with Gasteiger partial charge in [0.15, 0.2) is 0 Å². The van der Waals surface area contributed by atoms with Gasteiger partial charge < -0.3 is 15.4 Å². The molecule has 0 radical (unpaired) electrons. The van der Waals surface area contributed by atoms with Crippen LogP contribution in [0.1, 0.15) is 58.9 Å². The molecule has 2 atom stereocenters. The number of carbonyl (C=O) groups is 1. The summed E-state index contributed by atoms with van der Waals surface area (Å²) in [6.07, 6.45) is 0.667. The van der Waals surface area contributed by atoms with E-state index in [0.29, 0.717) is 18.5 Å². The first-order chi connectivity index (χ1) is 10.2. The van der Waals surface area contributed by atoms with Crippen molar-refractivity contribution in [1.82, 2.24) is 10.6 Å². The maximum Gasteiger partial charge on any atom is 0.407 e. The summed E-state index contributed by atoms with van der Waals surface area (Å²) in [6.45, 7) is 12.7. The van der Waals surface area contributed by atoms with Crippen LogP contribution in [-0.2, 0) is 4.74 Å². The molecule has 0 fully saturated rings. The van der Waals surface area contributed by atoms with E-state index in [1.165, 1.54) is 4.88 Å². The number of alkyl carbamates (subject to hydrolysis) is 1. The van der Waals surface area contributed by atoms with Gasteiger partial charge in [0, 0.05) is 23.5 Å². The lowest BCUT2D eigenvalue weighted by Gasteiger charge is -2.28. The minimum Gasteiger partial charge on any atom is -0.444 e. The van der Waals surface area contributed by atoms with Crippen molar-refractivity contribution < 1.29 is 9.53 Å². The van der Waals surface area contributed by atoms with Gasteiger partial charge in [0.25, 0.3) is 0 Å². The van der Waals surface area contributed by atoms with Crippen molar-refractivity contribution >= 4 is 17.4 Å². The molecule has 22 heavy (non-hydrogen) atoms. The van der Waals surface area contributed by atoms with Crippen LogP contribution in [0.25, 0.3) is 0 Å². The number of amides is 1. The third-order valence-corrected chi connectivity index (χ3v) is 4.37. The minimum atomic E-state index is -0.465. The minimum absolute atomic E-state index is 0.208. The molecule has 1 aromatic rings. The Morgan fingerprint density at radius 3 is 2.50 bits per heavy atom. The van der Waals surface area contributed by atoms with Crippen molar-refractivity contribution in [2.75, 3.05) is 6.54 Å². The molecule has 0 aliphatic rings. The summed E-state index contributed by atoms with van der Waals surface area (Å²) < 4.78 is 5.30. The van der Waals surface area contributed by atoms with Crippen LogP contribution in [0.2, 0.25) is 0 Å². The second kappa shape index (κ2) is 8.53. The van der Waals surface area contributed by atoms with Gasteiger partial charge in [-0.3, -0.25) is 0 Å². The molecule has 126 valence electrons. The van der Waals surface area contributed by atoms with Gasteiger partial charge >= 0.3 is 6.09 Å².